The zero-order valence-corrected chi connectivity index (χ0v) is 23.5. The van der Waals surface area contributed by atoms with Gasteiger partial charge in [-0.3, -0.25) is 9.62 Å². The average Bonchev–Trinajstić information content (AvgIpc) is 3.24. The van der Waals surface area contributed by atoms with E-state index in [1.165, 1.54) is 18.4 Å². The van der Waals surface area contributed by atoms with E-state index in [4.69, 9.17) is 4.99 Å². The van der Waals surface area contributed by atoms with Crippen LogP contribution in [0.2, 0.25) is 0 Å². The van der Waals surface area contributed by atoms with Crippen molar-refractivity contribution in [1.82, 2.24) is 9.88 Å². The maximum absolute atomic E-state index is 12.5. The number of fused-ring (bicyclic) bond motifs is 1. The van der Waals surface area contributed by atoms with Gasteiger partial charge in [-0.1, -0.05) is 49.4 Å². The molecule has 7 nitrogen and oxygen atoms in total. The van der Waals surface area contributed by atoms with Gasteiger partial charge in [-0.15, -0.1) is 0 Å². The van der Waals surface area contributed by atoms with Gasteiger partial charge in [0.1, 0.15) is 0 Å². The van der Waals surface area contributed by atoms with Crippen LogP contribution in [0.25, 0.3) is 10.9 Å². The zero-order valence-electron chi connectivity index (χ0n) is 22.7. The maximum Gasteiger partial charge on any atom is 0.235 e. The summed E-state index contributed by atoms with van der Waals surface area (Å²) in [5, 5.41) is 11.1. The minimum atomic E-state index is -3.52. The molecule has 0 aliphatic carbocycles. The minimum Gasteiger partial charge on any atom is -0.494 e. The molecule has 1 aromatic heterocycles. The summed E-state index contributed by atoms with van der Waals surface area (Å²) in [4.78, 5) is 10.5. The molecule has 5 rings (SSSR count). The van der Waals surface area contributed by atoms with Crippen molar-refractivity contribution < 1.29 is 13.5 Å². The van der Waals surface area contributed by atoms with E-state index in [0.29, 0.717) is 27.9 Å². The predicted octanol–water partition coefficient (Wildman–Crippen LogP) is 6.42. The fourth-order valence-corrected chi connectivity index (χ4v) is 5.60. The molecule has 1 fully saturated rings. The molecule has 8 heteroatoms. The Morgan fingerprint density at radius 1 is 1.05 bits per heavy atom. The lowest BCUT2D eigenvalue weighted by atomic mass is 9.99. The predicted molar refractivity (Wildman–Crippen MR) is 159 cm³/mol. The van der Waals surface area contributed by atoms with Crippen LogP contribution in [0.5, 0.6) is 5.88 Å². The van der Waals surface area contributed by atoms with Crippen LogP contribution in [0.4, 0.5) is 11.4 Å². The van der Waals surface area contributed by atoms with Crippen LogP contribution in [-0.4, -0.2) is 47.5 Å². The highest BCUT2D eigenvalue weighted by Crippen LogP contribution is 2.33. The molecular weight excluding hydrogens is 508 g/mol. The van der Waals surface area contributed by atoms with Crippen molar-refractivity contribution in [1.29, 1.82) is 0 Å². The van der Waals surface area contributed by atoms with Crippen molar-refractivity contribution in [2.45, 2.75) is 45.4 Å². The molecule has 204 valence electrons. The van der Waals surface area contributed by atoms with Crippen LogP contribution < -0.4 is 4.72 Å². The first-order chi connectivity index (χ1) is 18.7. The topological polar surface area (TPSA) is 97.8 Å². The highest BCUT2D eigenvalue weighted by atomic mass is 32.2. The molecule has 3 aromatic carbocycles. The van der Waals surface area contributed by atoms with Gasteiger partial charge in [0.15, 0.2) is 5.88 Å². The Bertz CT molecular complexity index is 1570. The Labute approximate surface area is 230 Å². The third kappa shape index (κ3) is 6.18. The summed E-state index contributed by atoms with van der Waals surface area (Å²) in [6, 6.07) is 23.1. The third-order valence-electron chi connectivity index (χ3n) is 7.40. The van der Waals surface area contributed by atoms with Gasteiger partial charge >= 0.3 is 0 Å². The van der Waals surface area contributed by atoms with E-state index in [2.05, 4.69) is 33.7 Å². The van der Waals surface area contributed by atoms with Crippen molar-refractivity contribution in [2.24, 2.45) is 10.9 Å². The Balaban J connectivity index is 1.52. The quantitative estimate of drug-likeness (QED) is 0.223. The maximum atomic E-state index is 12.5. The molecule has 0 radical (unpaired) electrons. The lowest BCUT2D eigenvalue weighted by Crippen LogP contribution is -2.32. The number of aromatic nitrogens is 1. The summed E-state index contributed by atoms with van der Waals surface area (Å²) in [6.45, 7) is 8.79. The van der Waals surface area contributed by atoms with Crippen molar-refractivity contribution in [2.75, 3.05) is 17.8 Å². The number of likely N-dealkylation sites (tertiary alicyclic amines) is 1. The summed E-state index contributed by atoms with van der Waals surface area (Å²) < 4.78 is 27.6. The second-order valence-electron chi connectivity index (χ2n) is 10.8. The fraction of sp³-hybridized carbons (Fsp3) is 0.323. The number of aromatic amines is 1. The number of anilines is 1. The van der Waals surface area contributed by atoms with Gasteiger partial charge in [-0.05, 0) is 81.6 Å². The molecular formula is C31H36N4O3S. The van der Waals surface area contributed by atoms with Crippen LogP contribution in [-0.2, 0) is 16.6 Å². The van der Waals surface area contributed by atoms with Gasteiger partial charge < -0.3 is 10.1 Å². The molecule has 1 aliphatic rings. The van der Waals surface area contributed by atoms with Gasteiger partial charge in [-0.2, -0.15) is 0 Å². The number of benzene rings is 3. The number of sulfonamides is 1. The minimum absolute atomic E-state index is 0.0209. The average molecular weight is 545 g/mol. The van der Waals surface area contributed by atoms with E-state index in [0.717, 1.165) is 36.8 Å². The number of aromatic hydroxyl groups is 1. The lowest BCUT2D eigenvalue weighted by Gasteiger charge is -2.30. The zero-order chi connectivity index (χ0) is 27.6. The van der Waals surface area contributed by atoms with E-state index >= 15 is 0 Å². The first-order valence-corrected chi connectivity index (χ1v) is 15.1. The van der Waals surface area contributed by atoms with E-state index in [-0.39, 0.29) is 5.88 Å². The van der Waals surface area contributed by atoms with E-state index in [1.807, 2.05) is 42.5 Å². The standard InChI is InChI=1S/C31H36N4O3S/c1-21(2)39(37,38)34-26-13-14-28-27(19-26)29(31(36)33-28)30(24-7-5-4-6-8-24)32-25-11-9-23(10-12-25)20-35-17-15-22(3)16-18-35/h4-14,19,21-22,33-34,36H,15-18,20H2,1-3H3. The molecule has 3 N–H and O–H groups in total. The van der Waals surface area contributed by atoms with Crippen LogP contribution in [0, 0.1) is 5.92 Å². The Morgan fingerprint density at radius 3 is 2.41 bits per heavy atom. The molecule has 1 aliphatic heterocycles. The molecule has 2 heterocycles. The van der Waals surface area contributed by atoms with Crippen LogP contribution in [0.3, 0.4) is 0 Å². The summed E-state index contributed by atoms with van der Waals surface area (Å²) >= 11 is 0. The number of H-pyrrole nitrogens is 1. The van der Waals surface area contributed by atoms with Crippen LogP contribution >= 0.6 is 0 Å². The van der Waals surface area contributed by atoms with Crippen LogP contribution in [0.15, 0.2) is 77.8 Å². The second kappa shape index (κ2) is 11.2. The van der Waals surface area contributed by atoms with Gasteiger partial charge in [-0.25, -0.2) is 13.4 Å². The molecule has 0 amide bonds. The van der Waals surface area contributed by atoms with Crippen LogP contribution in [0.1, 0.15) is 50.3 Å². The SMILES string of the molecule is CC1CCN(Cc2ccc(N=C(c3ccccc3)c3c(O)[nH]c4ccc(NS(=O)(=O)C(C)C)cc34)cc2)CC1. The highest BCUT2D eigenvalue weighted by Gasteiger charge is 2.21. The highest BCUT2D eigenvalue weighted by molar-refractivity contribution is 7.93. The molecule has 0 spiro atoms. The largest absolute Gasteiger partial charge is 0.494 e. The van der Waals surface area contributed by atoms with Crippen molar-refractivity contribution in [3.8, 4) is 5.88 Å². The Kier molecular flexibility index (Phi) is 7.77. The molecule has 0 bridgehead atoms. The lowest BCUT2D eigenvalue weighted by molar-refractivity contribution is 0.185. The van der Waals surface area contributed by atoms with Gasteiger partial charge in [0.05, 0.1) is 22.2 Å². The first kappa shape index (κ1) is 27.0. The first-order valence-electron chi connectivity index (χ1n) is 13.5. The van der Waals surface area contributed by atoms with Gasteiger partial charge in [0.2, 0.25) is 10.0 Å². The van der Waals surface area contributed by atoms with E-state index in [1.54, 1.807) is 32.0 Å². The van der Waals surface area contributed by atoms with Gasteiger partial charge in [0.25, 0.3) is 0 Å². The number of piperidine rings is 1. The Morgan fingerprint density at radius 2 is 1.74 bits per heavy atom. The molecule has 39 heavy (non-hydrogen) atoms. The van der Waals surface area contributed by atoms with E-state index in [9.17, 15) is 13.5 Å². The van der Waals surface area contributed by atoms with Gasteiger partial charge in [0, 0.05) is 28.7 Å². The van der Waals surface area contributed by atoms with Crippen molar-refractivity contribution in [3.63, 3.8) is 0 Å². The second-order valence-corrected chi connectivity index (χ2v) is 13.0. The molecule has 0 saturated carbocycles. The van der Waals surface area contributed by atoms with Crippen molar-refractivity contribution in [3.05, 3.63) is 89.5 Å². The molecule has 0 unspecified atom stereocenters. The smallest absolute Gasteiger partial charge is 0.235 e. The number of rotatable bonds is 8. The number of aliphatic imine (C=N–C) groups is 1. The number of nitrogens with zero attached hydrogens (tertiary/aromatic N) is 2. The monoisotopic (exact) mass is 544 g/mol. The number of hydrogen-bond acceptors (Lipinski definition) is 5. The van der Waals surface area contributed by atoms with Crippen molar-refractivity contribution >= 4 is 38.0 Å². The molecule has 1 saturated heterocycles. The Hall–Kier alpha value is -3.62. The van der Waals surface area contributed by atoms with E-state index < -0.39 is 15.3 Å². The molecule has 0 atom stereocenters. The summed E-state index contributed by atoms with van der Waals surface area (Å²) in [5.41, 5.74) is 5.10. The number of nitrogens with one attached hydrogen (secondary N) is 2. The normalized spacial score (nSPS) is 15.7. The molecule has 4 aromatic rings. The fourth-order valence-electron chi connectivity index (χ4n) is 4.91. The summed E-state index contributed by atoms with van der Waals surface area (Å²) in [6.07, 6.45) is 2.50. The third-order valence-corrected chi connectivity index (χ3v) is 9.16. The summed E-state index contributed by atoms with van der Waals surface area (Å²) in [7, 11) is -3.52. The number of hydrogen-bond donors (Lipinski definition) is 3. The summed E-state index contributed by atoms with van der Waals surface area (Å²) in [5.74, 6) is 0.786.